The van der Waals surface area contributed by atoms with E-state index in [9.17, 15) is 0 Å². The third-order valence-corrected chi connectivity index (χ3v) is 3.86. The van der Waals surface area contributed by atoms with Crippen LogP contribution in [0.1, 0.15) is 51.8 Å². The van der Waals surface area contributed by atoms with E-state index in [2.05, 4.69) is 21.8 Å². The molecule has 2 N–H and O–H groups in total. The maximum absolute atomic E-state index is 5.92. The van der Waals surface area contributed by atoms with Crippen LogP contribution in [0.25, 0.3) is 0 Å². The van der Waals surface area contributed by atoms with Crippen LogP contribution in [0.15, 0.2) is 6.07 Å². The average molecular weight is 278 g/mol. The SMILES string of the molecule is CCOCc1nc(N)cc(N(CC)C2CCCCC2)n1. The van der Waals surface area contributed by atoms with Crippen LogP contribution in [0.2, 0.25) is 0 Å². The predicted octanol–water partition coefficient (Wildman–Crippen LogP) is 2.75. The summed E-state index contributed by atoms with van der Waals surface area (Å²) >= 11 is 0. The maximum atomic E-state index is 5.92. The lowest BCUT2D eigenvalue weighted by Gasteiger charge is -2.34. The molecule has 0 aromatic carbocycles. The van der Waals surface area contributed by atoms with Gasteiger partial charge in [-0.15, -0.1) is 0 Å². The molecule has 1 aromatic heterocycles. The van der Waals surface area contributed by atoms with E-state index in [1.807, 2.05) is 13.0 Å². The van der Waals surface area contributed by atoms with Crippen molar-refractivity contribution in [2.45, 2.75) is 58.6 Å². The summed E-state index contributed by atoms with van der Waals surface area (Å²) in [5, 5.41) is 0. The number of anilines is 2. The van der Waals surface area contributed by atoms with Crippen LogP contribution in [0, 0.1) is 0 Å². The molecule has 0 unspecified atom stereocenters. The van der Waals surface area contributed by atoms with E-state index in [0.29, 0.717) is 30.9 Å². The van der Waals surface area contributed by atoms with Gasteiger partial charge < -0.3 is 15.4 Å². The third kappa shape index (κ3) is 3.82. The predicted molar refractivity (Wildman–Crippen MR) is 81.7 cm³/mol. The minimum atomic E-state index is 0.427. The van der Waals surface area contributed by atoms with Gasteiger partial charge in [0.1, 0.15) is 18.2 Å². The monoisotopic (exact) mass is 278 g/mol. The number of nitrogen functional groups attached to an aromatic ring is 1. The van der Waals surface area contributed by atoms with Crippen LogP contribution >= 0.6 is 0 Å². The number of nitrogens with zero attached hydrogens (tertiary/aromatic N) is 3. The fraction of sp³-hybridized carbons (Fsp3) is 0.733. The van der Waals surface area contributed by atoms with Crippen LogP contribution in [0.5, 0.6) is 0 Å². The fourth-order valence-corrected chi connectivity index (χ4v) is 2.91. The summed E-state index contributed by atoms with van der Waals surface area (Å²) in [6.45, 7) is 6.18. The molecule has 0 amide bonds. The standard InChI is InChI=1S/C15H26N4O/c1-3-19(12-8-6-5-7-9-12)15-10-13(16)17-14(18-15)11-20-4-2/h10,12H,3-9,11H2,1-2H3,(H2,16,17,18). The number of hydrogen-bond donors (Lipinski definition) is 1. The van der Waals surface area contributed by atoms with Gasteiger partial charge in [0.15, 0.2) is 5.82 Å². The topological polar surface area (TPSA) is 64.3 Å². The maximum Gasteiger partial charge on any atom is 0.158 e. The second kappa shape index (κ2) is 7.43. The molecule has 1 heterocycles. The number of ether oxygens (including phenoxy) is 1. The van der Waals surface area contributed by atoms with E-state index in [4.69, 9.17) is 10.5 Å². The molecule has 0 atom stereocenters. The second-order valence-electron chi connectivity index (χ2n) is 5.28. The first-order valence-corrected chi connectivity index (χ1v) is 7.72. The van der Waals surface area contributed by atoms with Crippen molar-refractivity contribution in [3.8, 4) is 0 Å². The minimum absolute atomic E-state index is 0.427. The van der Waals surface area contributed by atoms with Crippen LogP contribution in [0.3, 0.4) is 0 Å². The van der Waals surface area contributed by atoms with Crippen molar-refractivity contribution >= 4 is 11.6 Å². The summed E-state index contributed by atoms with van der Waals surface area (Å²) in [4.78, 5) is 11.2. The summed E-state index contributed by atoms with van der Waals surface area (Å²) < 4.78 is 5.39. The Hall–Kier alpha value is -1.36. The Morgan fingerprint density at radius 1 is 1.25 bits per heavy atom. The normalized spacial score (nSPS) is 16.3. The first-order chi connectivity index (χ1) is 9.74. The van der Waals surface area contributed by atoms with Crippen molar-refractivity contribution < 1.29 is 4.74 Å². The fourth-order valence-electron chi connectivity index (χ4n) is 2.91. The van der Waals surface area contributed by atoms with Gasteiger partial charge in [-0.05, 0) is 26.7 Å². The molecule has 0 saturated heterocycles. The van der Waals surface area contributed by atoms with Gasteiger partial charge in [-0.1, -0.05) is 19.3 Å². The van der Waals surface area contributed by atoms with Gasteiger partial charge in [0, 0.05) is 25.3 Å². The molecule has 1 aliphatic rings. The molecule has 0 spiro atoms. The second-order valence-corrected chi connectivity index (χ2v) is 5.28. The molecule has 5 heteroatoms. The number of nitrogens with two attached hydrogens (primary N) is 1. The molecule has 1 saturated carbocycles. The van der Waals surface area contributed by atoms with Gasteiger partial charge in [0.05, 0.1) is 0 Å². The lowest BCUT2D eigenvalue weighted by Crippen LogP contribution is -2.37. The van der Waals surface area contributed by atoms with E-state index < -0.39 is 0 Å². The van der Waals surface area contributed by atoms with Gasteiger partial charge in [-0.3, -0.25) is 0 Å². The summed E-state index contributed by atoms with van der Waals surface area (Å²) in [5.74, 6) is 2.15. The Bertz CT molecular complexity index is 418. The molecule has 0 radical (unpaired) electrons. The molecule has 0 bridgehead atoms. The van der Waals surface area contributed by atoms with Crippen LogP contribution in [-0.4, -0.2) is 29.2 Å². The van der Waals surface area contributed by atoms with Crippen LogP contribution < -0.4 is 10.6 Å². The molecular formula is C15H26N4O. The van der Waals surface area contributed by atoms with Crippen LogP contribution in [-0.2, 0) is 11.3 Å². The first-order valence-electron chi connectivity index (χ1n) is 7.72. The molecule has 5 nitrogen and oxygen atoms in total. The van der Waals surface area contributed by atoms with E-state index in [-0.39, 0.29) is 0 Å². The Morgan fingerprint density at radius 2 is 2.00 bits per heavy atom. The van der Waals surface area contributed by atoms with Crippen LogP contribution in [0.4, 0.5) is 11.6 Å². The van der Waals surface area contributed by atoms with Crippen molar-refractivity contribution in [2.24, 2.45) is 0 Å². The summed E-state index contributed by atoms with van der Waals surface area (Å²) in [6.07, 6.45) is 6.48. The van der Waals surface area contributed by atoms with Crippen molar-refractivity contribution in [2.75, 3.05) is 23.8 Å². The van der Waals surface area contributed by atoms with E-state index >= 15 is 0 Å². The highest BCUT2D eigenvalue weighted by molar-refractivity contribution is 5.47. The van der Waals surface area contributed by atoms with Gasteiger partial charge in [0.25, 0.3) is 0 Å². The molecule has 20 heavy (non-hydrogen) atoms. The zero-order chi connectivity index (χ0) is 14.4. The first kappa shape index (κ1) is 15.0. The van der Waals surface area contributed by atoms with E-state index in [1.54, 1.807) is 0 Å². The van der Waals surface area contributed by atoms with E-state index in [1.165, 1.54) is 32.1 Å². The minimum Gasteiger partial charge on any atom is -0.384 e. The van der Waals surface area contributed by atoms with Crippen molar-refractivity contribution in [3.05, 3.63) is 11.9 Å². The average Bonchev–Trinajstić information content (AvgIpc) is 2.46. The van der Waals surface area contributed by atoms with E-state index in [0.717, 1.165) is 12.4 Å². The molecule has 1 aliphatic carbocycles. The molecule has 1 fully saturated rings. The van der Waals surface area contributed by atoms with Crippen molar-refractivity contribution in [3.63, 3.8) is 0 Å². The lowest BCUT2D eigenvalue weighted by atomic mass is 9.94. The molecule has 112 valence electrons. The Labute approximate surface area is 121 Å². The lowest BCUT2D eigenvalue weighted by molar-refractivity contribution is 0.128. The highest BCUT2D eigenvalue weighted by Crippen LogP contribution is 2.26. The quantitative estimate of drug-likeness (QED) is 0.866. The third-order valence-electron chi connectivity index (χ3n) is 3.86. The highest BCUT2D eigenvalue weighted by atomic mass is 16.5. The summed E-state index contributed by atoms with van der Waals surface area (Å²) in [5.41, 5.74) is 5.92. The Morgan fingerprint density at radius 3 is 2.65 bits per heavy atom. The molecule has 0 aliphatic heterocycles. The van der Waals surface area contributed by atoms with Gasteiger partial charge in [0.2, 0.25) is 0 Å². The zero-order valence-electron chi connectivity index (χ0n) is 12.6. The van der Waals surface area contributed by atoms with Crippen molar-refractivity contribution in [1.82, 2.24) is 9.97 Å². The Balaban J connectivity index is 2.17. The molecule has 1 aromatic rings. The van der Waals surface area contributed by atoms with Crippen molar-refractivity contribution in [1.29, 1.82) is 0 Å². The van der Waals surface area contributed by atoms with Gasteiger partial charge in [-0.2, -0.15) is 0 Å². The number of rotatable bonds is 6. The number of aromatic nitrogens is 2. The summed E-state index contributed by atoms with van der Waals surface area (Å²) in [7, 11) is 0. The Kier molecular flexibility index (Phi) is 5.59. The van der Waals surface area contributed by atoms with Gasteiger partial charge in [-0.25, -0.2) is 9.97 Å². The largest absolute Gasteiger partial charge is 0.384 e. The number of hydrogen-bond acceptors (Lipinski definition) is 5. The molecular weight excluding hydrogens is 252 g/mol. The smallest absolute Gasteiger partial charge is 0.158 e. The summed E-state index contributed by atoms with van der Waals surface area (Å²) in [6, 6.07) is 2.47. The van der Waals surface area contributed by atoms with Gasteiger partial charge >= 0.3 is 0 Å². The highest BCUT2D eigenvalue weighted by Gasteiger charge is 2.21. The zero-order valence-corrected chi connectivity index (χ0v) is 12.6. The molecule has 2 rings (SSSR count).